The van der Waals surface area contributed by atoms with E-state index in [1.807, 2.05) is 0 Å². The van der Waals surface area contributed by atoms with Gasteiger partial charge in [-0.3, -0.25) is 14.7 Å². The van der Waals surface area contributed by atoms with E-state index < -0.39 is 0 Å². The maximum absolute atomic E-state index is 13.1. The van der Waals surface area contributed by atoms with E-state index in [-0.39, 0.29) is 11.7 Å². The summed E-state index contributed by atoms with van der Waals surface area (Å²) in [4.78, 5) is 19.2. The summed E-state index contributed by atoms with van der Waals surface area (Å²) in [7, 11) is 4.53. The summed E-state index contributed by atoms with van der Waals surface area (Å²) in [6, 6.07) is 9.55. The highest BCUT2D eigenvalue weighted by Gasteiger charge is 2.27. The Morgan fingerprint density at radius 2 is 1.75 bits per heavy atom. The molecular formula is C20H21FN2O4S. The number of amidine groups is 1. The van der Waals surface area contributed by atoms with E-state index in [1.165, 1.54) is 45.2 Å². The normalized spacial score (nSPS) is 13.3. The van der Waals surface area contributed by atoms with E-state index >= 15 is 0 Å². The standard InChI is InChI=1S/C20H21FN2O4S/c1-25-16-10-14(11-17(26-2)18(16)27-3)19(24)23-9-8-22-20(23)28-12-13-4-6-15(21)7-5-13/h4-7,10-11H,8-9,12H2,1-3H3. The monoisotopic (exact) mass is 404 g/mol. The van der Waals surface area contributed by atoms with Crippen LogP contribution in [0.4, 0.5) is 4.39 Å². The topological polar surface area (TPSA) is 60.4 Å². The van der Waals surface area contributed by atoms with Crippen molar-refractivity contribution in [3.63, 3.8) is 0 Å². The van der Waals surface area contributed by atoms with Gasteiger partial charge in [0.1, 0.15) is 5.82 Å². The van der Waals surface area contributed by atoms with Crippen molar-refractivity contribution < 1.29 is 23.4 Å². The number of methoxy groups -OCH3 is 3. The van der Waals surface area contributed by atoms with Crippen LogP contribution >= 0.6 is 11.8 Å². The number of amides is 1. The van der Waals surface area contributed by atoms with Gasteiger partial charge >= 0.3 is 0 Å². The lowest BCUT2D eigenvalue weighted by Gasteiger charge is -2.20. The van der Waals surface area contributed by atoms with Crippen molar-refractivity contribution >= 4 is 22.8 Å². The number of thioether (sulfide) groups is 1. The Morgan fingerprint density at radius 3 is 2.32 bits per heavy atom. The fourth-order valence-corrected chi connectivity index (χ4v) is 3.83. The van der Waals surface area contributed by atoms with Crippen LogP contribution in [0.15, 0.2) is 41.4 Å². The number of carbonyl (C=O) groups excluding carboxylic acids is 1. The minimum absolute atomic E-state index is 0.192. The van der Waals surface area contributed by atoms with Gasteiger partial charge in [0.05, 0.1) is 27.9 Å². The SMILES string of the molecule is COc1cc(C(=O)N2CCN=C2SCc2ccc(F)cc2)cc(OC)c1OC. The van der Waals surface area contributed by atoms with E-state index in [0.717, 1.165) is 5.56 Å². The molecule has 0 radical (unpaired) electrons. The number of benzene rings is 2. The molecule has 1 aliphatic rings. The highest BCUT2D eigenvalue weighted by Crippen LogP contribution is 2.38. The molecule has 0 atom stereocenters. The third kappa shape index (κ3) is 4.22. The summed E-state index contributed by atoms with van der Waals surface area (Å²) < 4.78 is 29.0. The third-order valence-electron chi connectivity index (χ3n) is 4.24. The minimum atomic E-state index is -0.272. The maximum Gasteiger partial charge on any atom is 0.260 e. The van der Waals surface area contributed by atoms with Crippen LogP contribution < -0.4 is 14.2 Å². The molecule has 2 aromatic rings. The Balaban J connectivity index is 1.77. The number of aliphatic imine (C=N–C) groups is 1. The number of hydrogen-bond donors (Lipinski definition) is 0. The fourth-order valence-electron chi connectivity index (χ4n) is 2.83. The molecule has 0 spiro atoms. The highest BCUT2D eigenvalue weighted by atomic mass is 32.2. The molecule has 0 saturated heterocycles. The van der Waals surface area contributed by atoms with Gasteiger partial charge in [-0.1, -0.05) is 23.9 Å². The first-order valence-corrected chi connectivity index (χ1v) is 9.59. The van der Waals surface area contributed by atoms with Gasteiger partial charge in [-0.15, -0.1) is 0 Å². The molecule has 8 heteroatoms. The molecule has 1 aliphatic heterocycles. The summed E-state index contributed by atoms with van der Waals surface area (Å²) in [5, 5.41) is 0.642. The molecular weight excluding hydrogens is 383 g/mol. The summed E-state index contributed by atoms with van der Waals surface area (Å²) in [6.07, 6.45) is 0. The lowest BCUT2D eigenvalue weighted by Crippen LogP contribution is -2.32. The molecule has 0 saturated carbocycles. The fraction of sp³-hybridized carbons (Fsp3) is 0.300. The maximum atomic E-state index is 13.1. The minimum Gasteiger partial charge on any atom is -0.493 e. The molecule has 0 unspecified atom stereocenters. The average molecular weight is 404 g/mol. The van der Waals surface area contributed by atoms with Crippen molar-refractivity contribution in [3.8, 4) is 17.2 Å². The number of nitrogens with zero attached hydrogens (tertiary/aromatic N) is 2. The van der Waals surface area contributed by atoms with Crippen molar-refractivity contribution in [2.24, 2.45) is 4.99 Å². The molecule has 3 rings (SSSR count). The molecule has 0 fully saturated rings. The quantitative estimate of drug-likeness (QED) is 0.736. The molecule has 1 amide bonds. The lowest BCUT2D eigenvalue weighted by atomic mass is 10.1. The molecule has 0 aliphatic carbocycles. The van der Waals surface area contributed by atoms with Crippen LogP contribution in [0.2, 0.25) is 0 Å². The molecule has 0 N–H and O–H groups in total. The van der Waals surface area contributed by atoms with Crippen LogP contribution in [0.5, 0.6) is 17.2 Å². The van der Waals surface area contributed by atoms with Gasteiger partial charge in [-0.05, 0) is 29.8 Å². The smallest absolute Gasteiger partial charge is 0.260 e. The first-order valence-electron chi connectivity index (χ1n) is 8.61. The van der Waals surface area contributed by atoms with Crippen molar-refractivity contribution in [2.75, 3.05) is 34.4 Å². The van der Waals surface area contributed by atoms with Crippen LogP contribution in [0, 0.1) is 5.82 Å². The molecule has 0 bridgehead atoms. The Hall–Kier alpha value is -2.74. The highest BCUT2D eigenvalue weighted by molar-refractivity contribution is 8.13. The number of hydrogen-bond acceptors (Lipinski definition) is 6. The zero-order valence-electron chi connectivity index (χ0n) is 15.9. The Bertz CT molecular complexity index is 861. The predicted octanol–water partition coefficient (Wildman–Crippen LogP) is 3.60. The van der Waals surface area contributed by atoms with E-state index in [2.05, 4.69) is 4.99 Å². The number of rotatable bonds is 6. The largest absolute Gasteiger partial charge is 0.493 e. The Labute approximate surface area is 167 Å². The number of halogens is 1. The van der Waals surface area contributed by atoms with Gasteiger partial charge in [0.2, 0.25) is 5.75 Å². The first-order chi connectivity index (χ1) is 13.6. The first kappa shape index (κ1) is 20.0. The summed E-state index contributed by atoms with van der Waals surface area (Å²) in [6.45, 7) is 1.04. The Morgan fingerprint density at radius 1 is 1.11 bits per heavy atom. The van der Waals surface area contributed by atoms with E-state index in [1.54, 1.807) is 29.2 Å². The number of ether oxygens (including phenoxy) is 3. The Kier molecular flexibility index (Phi) is 6.41. The summed E-state index contributed by atoms with van der Waals surface area (Å²) in [5.74, 6) is 1.40. The van der Waals surface area contributed by atoms with Gasteiger partial charge in [0, 0.05) is 17.9 Å². The van der Waals surface area contributed by atoms with Crippen molar-refractivity contribution in [1.82, 2.24) is 4.90 Å². The molecule has 148 valence electrons. The average Bonchev–Trinajstić information content (AvgIpc) is 3.20. The van der Waals surface area contributed by atoms with Crippen LogP contribution in [-0.2, 0) is 5.75 Å². The second-order valence-electron chi connectivity index (χ2n) is 5.95. The second kappa shape index (κ2) is 8.97. The van der Waals surface area contributed by atoms with Gasteiger partial charge in [-0.2, -0.15) is 0 Å². The lowest BCUT2D eigenvalue weighted by molar-refractivity contribution is 0.0860. The van der Waals surface area contributed by atoms with E-state index in [4.69, 9.17) is 14.2 Å². The van der Waals surface area contributed by atoms with Crippen LogP contribution in [-0.4, -0.2) is 50.4 Å². The van der Waals surface area contributed by atoms with Gasteiger partial charge in [0.15, 0.2) is 16.7 Å². The zero-order chi connectivity index (χ0) is 20.1. The van der Waals surface area contributed by atoms with Crippen molar-refractivity contribution in [1.29, 1.82) is 0 Å². The second-order valence-corrected chi connectivity index (χ2v) is 6.89. The molecule has 1 heterocycles. The predicted molar refractivity (Wildman–Crippen MR) is 107 cm³/mol. The van der Waals surface area contributed by atoms with E-state index in [0.29, 0.717) is 46.8 Å². The summed E-state index contributed by atoms with van der Waals surface area (Å²) >= 11 is 1.45. The zero-order valence-corrected chi connectivity index (χ0v) is 16.7. The molecule has 6 nitrogen and oxygen atoms in total. The van der Waals surface area contributed by atoms with Crippen molar-refractivity contribution in [3.05, 3.63) is 53.3 Å². The van der Waals surface area contributed by atoms with Crippen LogP contribution in [0.1, 0.15) is 15.9 Å². The molecule has 28 heavy (non-hydrogen) atoms. The van der Waals surface area contributed by atoms with Crippen LogP contribution in [0.25, 0.3) is 0 Å². The third-order valence-corrected chi connectivity index (χ3v) is 5.32. The van der Waals surface area contributed by atoms with Gasteiger partial charge in [0.25, 0.3) is 5.91 Å². The molecule has 2 aromatic carbocycles. The molecule has 0 aromatic heterocycles. The van der Waals surface area contributed by atoms with Gasteiger partial charge < -0.3 is 14.2 Å². The van der Waals surface area contributed by atoms with Crippen molar-refractivity contribution in [2.45, 2.75) is 5.75 Å². The van der Waals surface area contributed by atoms with Gasteiger partial charge in [-0.25, -0.2) is 4.39 Å². The number of carbonyl (C=O) groups is 1. The van der Waals surface area contributed by atoms with E-state index in [9.17, 15) is 9.18 Å². The summed E-state index contributed by atoms with van der Waals surface area (Å²) in [5.41, 5.74) is 1.38. The van der Waals surface area contributed by atoms with Crippen LogP contribution in [0.3, 0.4) is 0 Å².